The van der Waals surface area contributed by atoms with E-state index < -0.39 is 0 Å². The van der Waals surface area contributed by atoms with E-state index in [0.717, 1.165) is 16.7 Å². The van der Waals surface area contributed by atoms with Crippen molar-refractivity contribution in [2.45, 2.75) is 40.5 Å². The Bertz CT molecular complexity index is 259. The molecule has 0 bridgehead atoms. The Morgan fingerprint density at radius 2 is 1.71 bits per heavy atom. The van der Waals surface area contributed by atoms with E-state index in [0.29, 0.717) is 5.92 Å². The van der Waals surface area contributed by atoms with Crippen LogP contribution in [-0.4, -0.2) is 0 Å². The van der Waals surface area contributed by atoms with E-state index in [1.807, 2.05) is 0 Å². The fourth-order valence-corrected chi connectivity index (χ4v) is 3.12. The fourth-order valence-electron chi connectivity index (χ4n) is 1.59. The molecule has 0 aromatic carbocycles. The second kappa shape index (κ2) is 5.18. The molecular weight excluding hydrogens is 212 g/mol. The number of thiophene rings is 1. The SMILES string of the molecule is CC(C)Cc1cc(Cl)sc1CC(C)C. The Balaban J connectivity index is 2.80. The standard InChI is InChI=1S/C12H19ClS/c1-8(2)5-10-7-12(13)14-11(10)6-9(3)4/h7-9H,5-6H2,1-4H3. The van der Waals surface area contributed by atoms with E-state index in [4.69, 9.17) is 11.6 Å². The van der Waals surface area contributed by atoms with Gasteiger partial charge in [0.25, 0.3) is 0 Å². The van der Waals surface area contributed by atoms with Crippen LogP contribution in [0.4, 0.5) is 0 Å². The van der Waals surface area contributed by atoms with E-state index in [9.17, 15) is 0 Å². The third kappa shape index (κ3) is 3.62. The van der Waals surface area contributed by atoms with Gasteiger partial charge in [0.15, 0.2) is 0 Å². The minimum atomic E-state index is 0.714. The van der Waals surface area contributed by atoms with Crippen LogP contribution in [0.3, 0.4) is 0 Å². The first-order valence-corrected chi connectivity index (χ1v) is 6.45. The van der Waals surface area contributed by atoms with Crippen LogP contribution in [0.5, 0.6) is 0 Å². The van der Waals surface area contributed by atoms with Gasteiger partial charge in [-0.3, -0.25) is 0 Å². The van der Waals surface area contributed by atoms with Gasteiger partial charge in [0.1, 0.15) is 0 Å². The van der Waals surface area contributed by atoms with Crippen LogP contribution < -0.4 is 0 Å². The first-order chi connectivity index (χ1) is 6.49. The lowest BCUT2D eigenvalue weighted by atomic mass is 10.00. The molecule has 14 heavy (non-hydrogen) atoms. The summed E-state index contributed by atoms with van der Waals surface area (Å²) in [6.07, 6.45) is 2.32. The maximum absolute atomic E-state index is 6.05. The number of hydrogen-bond donors (Lipinski definition) is 0. The molecule has 0 spiro atoms. The zero-order valence-electron chi connectivity index (χ0n) is 9.43. The molecule has 1 aromatic heterocycles. The Morgan fingerprint density at radius 3 is 2.21 bits per heavy atom. The van der Waals surface area contributed by atoms with Gasteiger partial charge in [-0.2, -0.15) is 0 Å². The number of rotatable bonds is 4. The van der Waals surface area contributed by atoms with Crippen molar-refractivity contribution < 1.29 is 0 Å². The lowest BCUT2D eigenvalue weighted by Crippen LogP contribution is -1.99. The monoisotopic (exact) mass is 230 g/mol. The molecule has 0 aliphatic rings. The molecule has 0 unspecified atom stereocenters. The van der Waals surface area contributed by atoms with E-state index in [1.54, 1.807) is 11.3 Å². The summed E-state index contributed by atoms with van der Waals surface area (Å²) in [5.41, 5.74) is 1.46. The summed E-state index contributed by atoms with van der Waals surface area (Å²) in [4.78, 5) is 1.48. The average molecular weight is 231 g/mol. The molecule has 0 amide bonds. The Kier molecular flexibility index (Phi) is 4.46. The number of halogens is 1. The molecule has 2 heteroatoms. The Morgan fingerprint density at radius 1 is 1.14 bits per heavy atom. The normalized spacial score (nSPS) is 11.6. The van der Waals surface area contributed by atoms with Crippen LogP contribution in [0, 0.1) is 11.8 Å². The summed E-state index contributed by atoms with van der Waals surface area (Å²) >= 11 is 7.80. The molecule has 0 aliphatic carbocycles. The quantitative estimate of drug-likeness (QED) is 0.697. The highest BCUT2D eigenvalue weighted by atomic mass is 35.5. The number of hydrogen-bond acceptors (Lipinski definition) is 1. The van der Waals surface area contributed by atoms with Gasteiger partial charge in [-0.05, 0) is 36.3 Å². The maximum atomic E-state index is 6.05. The van der Waals surface area contributed by atoms with E-state index in [2.05, 4.69) is 33.8 Å². The first kappa shape index (κ1) is 12.1. The third-order valence-corrected chi connectivity index (χ3v) is 3.42. The summed E-state index contributed by atoms with van der Waals surface area (Å²) < 4.78 is 0.941. The zero-order valence-corrected chi connectivity index (χ0v) is 11.0. The Hall–Kier alpha value is -0.0100. The molecule has 0 saturated heterocycles. The smallest absolute Gasteiger partial charge is 0.0934 e. The van der Waals surface area contributed by atoms with Gasteiger partial charge in [-0.1, -0.05) is 39.3 Å². The van der Waals surface area contributed by atoms with Crippen molar-refractivity contribution in [2.75, 3.05) is 0 Å². The maximum Gasteiger partial charge on any atom is 0.0934 e. The van der Waals surface area contributed by atoms with Gasteiger partial charge in [-0.15, -0.1) is 11.3 Å². The first-order valence-electron chi connectivity index (χ1n) is 5.26. The van der Waals surface area contributed by atoms with E-state index >= 15 is 0 Å². The van der Waals surface area contributed by atoms with Crippen LogP contribution in [0.15, 0.2) is 6.07 Å². The van der Waals surface area contributed by atoms with E-state index in [-0.39, 0.29) is 0 Å². The van der Waals surface area contributed by atoms with Crippen molar-refractivity contribution in [2.24, 2.45) is 11.8 Å². The van der Waals surface area contributed by atoms with Crippen molar-refractivity contribution in [1.82, 2.24) is 0 Å². The van der Waals surface area contributed by atoms with Gasteiger partial charge in [0.05, 0.1) is 4.34 Å². The fraction of sp³-hybridized carbons (Fsp3) is 0.667. The highest BCUT2D eigenvalue weighted by Crippen LogP contribution is 2.30. The van der Waals surface area contributed by atoms with Gasteiger partial charge in [-0.25, -0.2) is 0 Å². The molecule has 1 heterocycles. The van der Waals surface area contributed by atoms with E-state index in [1.165, 1.54) is 16.9 Å². The third-order valence-electron chi connectivity index (χ3n) is 2.09. The van der Waals surface area contributed by atoms with Crippen molar-refractivity contribution in [3.8, 4) is 0 Å². The van der Waals surface area contributed by atoms with Crippen molar-refractivity contribution in [3.05, 3.63) is 20.8 Å². The average Bonchev–Trinajstić information content (AvgIpc) is 2.28. The summed E-state index contributed by atoms with van der Waals surface area (Å²) in [6.45, 7) is 9.02. The van der Waals surface area contributed by atoms with Crippen molar-refractivity contribution in [3.63, 3.8) is 0 Å². The summed E-state index contributed by atoms with van der Waals surface area (Å²) in [6, 6.07) is 2.14. The largest absolute Gasteiger partial charge is 0.128 e. The van der Waals surface area contributed by atoms with Crippen LogP contribution in [-0.2, 0) is 12.8 Å². The lowest BCUT2D eigenvalue weighted by molar-refractivity contribution is 0.623. The highest BCUT2D eigenvalue weighted by Gasteiger charge is 2.10. The van der Waals surface area contributed by atoms with Crippen molar-refractivity contribution >= 4 is 22.9 Å². The lowest BCUT2D eigenvalue weighted by Gasteiger charge is -2.07. The highest BCUT2D eigenvalue weighted by molar-refractivity contribution is 7.16. The van der Waals surface area contributed by atoms with Crippen molar-refractivity contribution in [1.29, 1.82) is 0 Å². The molecule has 0 N–H and O–H groups in total. The molecule has 0 saturated carbocycles. The summed E-state index contributed by atoms with van der Waals surface area (Å²) in [5, 5.41) is 0. The molecule has 0 fully saturated rings. The van der Waals surface area contributed by atoms with Crippen LogP contribution in [0.1, 0.15) is 38.1 Å². The molecule has 0 radical (unpaired) electrons. The molecule has 0 atom stereocenters. The second-order valence-corrected chi connectivity index (χ2v) is 6.46. The van der Waals surface area contributed by atoms with Crippen LogP contribution in [0.2, 0.25) is 4.34 Å². The summed E-state index contributed by atoms with van der Waals surface area (Å²) in [5.74, 6) is 1.43. The minimum Gasteiger partial charge on any atom is -0.128 e. The zero-order chi connectivity index (χ0) is 10.7. The molecular formula is C12H19ClS. The second-order valence-electron chi connectivity index (χ2n) is 4.69. The molecule has 1 rings (SSSR count). The topological polar surface area (TPSA) is 0 Å². The summed E-state index contributed by atoms with van der Waals surface area (Å²) in [7, 11) is 0. The van der Waals surface area contributed by atoms with Crippen LogP contribution >= 0.6 is 22.9 Å². The molecule has 0 nitrogen and oxygen atoms in total. The van der Waals surface area contributed by atoms with Gasteiger partial charge in [0.2, 0.25) is 0 Å². The van der Waals surface area contributed by atoms with Gasteiger partial charge in [0, 0.05) is 4.88 Å². The predicted octanol–water partition coefficient (Wildman–Crippen LogP) is 4.80. The van der Waals surface area contributed by atoms with Gasteiger partial charge < -0.3 is 0 Å². The minimum absolute atomic E-state index is 0.714. The molecule has 0 aliphatic heterocycles. The predicted molar refractivity (Wildman–Crippen MR) is 66.4 cm³/mol. The molecule has 1 aromatic rings. The Labute approximate surface area is 96.3 Å². The van der Waals surface area contributed by atoms with Gasteiger partial charge >= 0.3 is 0 Å². The van der Waals surface area contributed by atoms with Crippen LogP contribution in [0.25, 0.3) is 0 Å². The molecule has 80 valence electrons.